The van der Waals surface area contributed by atoms with Crippen LogP contribution in [0.2, 0.25) is 0 Å². The van der Waals surface area contributed by atoms with E-state index < -0.39 is 13.0 Å². The van der Waals surface area contributed by atoms with Gasteiger partial charge < -0.3 is 15.8 Å². The predicted octanol–water partition coefficient (Wildman–Crippen LogP) is 1.01. The Bertz CT molecular complexity index is 599. The Kier molecular flexibility index (Phi) is 3.99. The van der Waals surface area contributed by atoms with Crippen molar-refractivity contribution in [3.05, 3.63) is 59.7 Å². The van der Waals surface area contributed by atoms with E-state index >= 15 is 0 Å². The van der Waals surface area contributed by atoms with Gasteiger partial charge in [-0.05, 0) is 28.8 Å². The molecule has 0 saturated carbocycles. The largest absolute Gasteiger partial charge is 0.456 e. The molecule has 5 heteroatoms. The minimum absolute atomic E-state index is 0.170. The van der Waals surface area contributed by atoms with Gasteiger partial charge in [0.05, 0.1) is 0 Å². The van der Waals surface area contributed by atoms with Crippen LogP contribution in [0.4, 0.5) is 0 Å². The van der Waals surface area contributed by atoms with Crippen molar-refractivity contribution < 1.29 is 14.8 Å². The highest BCUT2D eigenvalue weighted by molar-refractivity contribution is 6.40. The topological polar surface area (TPSA) is 83.6 Å². The van der Waals surface area contributed by atoms with Crippen molar-refractivity contribution in [1.82, 2.24) is 0 Å². The number of benzene rings is 2. The van der Waals surface area contributed by atoms with E-state index in [1.807, 2.05) is 30.3 Å². The molecule has 0 saturated heterocycles. The third kappa shape index (κ3) is 3.43. The molecule has 0 aliphatic heterocycles. The molecule has 2 aromatic carbocycles. The highest BCUT2D eigenvalue weighted by atomic mass is 16.4. The van der Waals surface area contributed by atoms with Gasteiger partial charge in [0.2, 0.25) is 5.91 Å². The van der Waals surface area contributed by atoms with E-state index in [4.69, 9.17) is 15.8 Å². The van der Waals surface area contributed by atoms with Gasteiger partial charge in [0.15, 0.2) is 0 Å². The number of amides is 1. The van der Waals surface area contributed by atoms with Gasteiger partial charge in [-0.15, -0.1) is 0 Å². The number of carbonyl (C=O) groups is 1. The lowest BCUT2D eigenvalue weighted by molar-refractivity contribution is 0.100. The van der Waals surface area contributed by atoms with Crippen molar-refractivity contribution in [1.29, 1.82) is 0 Å². The fraction of sp³-hybridized carbons (Fsp3) is 0.0714. The van der Waals surface area contributed by atoms with Crippen LogP contribution in [0.1, 0.15) is 15.9 Å². The van der Waals surface area contributed by atoms with E-state index in [0.717, 1.165) is 16.7 Å². The molecule has 0 aliphatic carbocycles. The first-order chi connectivity index (χ1) is 9.06. The van der Waals surface area contributed by atoms with Crippen LogP contribution in [-0.2, 0) is 6.32 Å². The number of nitrogens with two attached hydrogens (primary N) is 1. The van der Waals surface area contributed by atoms with Crippen molar-refractivity contribution in [3.63, 3.8) is 0 Å². The average Bonchev–Trinajstić information content (AvgIpc) is 2.38. The second-order valence-electron chi connectivity index (χ2n) is 4.33. The Balaban J connectivity index is 2.36. The van der Waals surface area contributed by atoms with Gasteiger partial charge in [-0.1, -0.05) is 36.4 Å². The van der Waals surface area contributed by atoms with Crippen molar-refractivity contribution in [2.45, 2.75) is 6.32 Å². The summed E-state index contributed by atoms with van der Waals surface area (Å²) in [4.78, 5) is 11.2. The summed E-state index contributed by atoms with van der Waals surface area (Å²) in [5.41, 5.74) is 8.29. The Morgan fingerprint density at radius 3 is 2.32 bits per heavy atom. The molecule has 0 fully saturated rings. The van der Waals surface area contributed by atoms with Gasteiger partial charge in [0.1, 0.15) is 0 Å². The van der Waals surface area contributed by atoms with E-state index in [-0.39, 0.29) is 6.32 Å². The number of rotatable bonds is 4. The second kappa shape index (κ2) is 5.69. The van der Waals surface area contributed by atoms with Crippen LogP contribution in [0.5, 0.6) is 0 Å². The lowest BCUT2D eigenvalue weighted by Crippen LogP contribution is -2.15. The first kappa shape index (κ1) is 13.3. The Labute approximate surface area is 111 Å². The van der Waals surface area contributed by atoms with Crippen molar-refractivity contribution in [2.75, 3.05) is 0 Å². The summed E-state index contributed by atoms with van der Waals surface area (Å²) in [6, 6.07) is 14.4. The summed E-state index contributed by atoms with van der Waals surface area (Å²) in [6.45, 7) is 0. The second-order valence-corrected chi connectivity index (χ2v) is 4.33. The minimum atomic E-state index is -1.37. The SMILES string of the molecule is NC(=O)c1cccc(-c2cccc(CB(O)O)c2)c1. The van der Waals surface area contributed by atoms with E-state index in [2.05, 4.69) is 0 Å². The fourth-order valence-electron chi connectivity index (χ4n) is 1.94. The van der Waals surface area contributed by atoms with Gasteiger partial charge in [-0.2, -0.15) is 0 Å². The van der Waals surface area contributed by atoms with Crippen LogP contribution in [0, 0.1) is 0 Å². The number of primary amides is 1. The predicted molar refractivity (Wildman–Crippen MR) is 74.3 cm³/mol. The fourth-order valence-corrected chi connectivity index (χ4v) is 1.94. The molecule has 0 spiro atoms. The number of carbonyl (C=O) groups excluding carboxylic acids is 1. The van der Waals surface area contributed by atoms with Gasteiger partial charge >= 0.3 is 7.12 Å². The summed E-state index contributed by atoms with van der Waals surface area (Å²) in [5, 5.41) is 18.0. The Morgan fingerprint density at radius 1 is 1.05 bits per heavy atom. The van der Waals surface area contributed by atoms with Crippen LogP contribution in [0.15, 0.2) is 48.5 Å². The highest BCUT2D eigenvalue weighted by Crippen LogP contribution is 2.21. The molecule has 1 amide bonds. The van der Waals surface area contributed by atoms with Gasteiger partial charge in [-0.25, -0.2) is 0 Å². The van der Waals surface area contributed by atoms with Crippen molar-refractivity contribution in [2.24, 2.45) is 5.73 Å². The molecule has 2 aromatic rings. The van der Waals surface area contributed by atoms with Gasteiger partial charge in [0.25, 0.3) is 0 Å². The quantitative estimate of drug-likeness (QED) is 0.713. The summed E-state index contributed by atoms with van der Waals surface area (Å²) in [7, 11) is -1.37. The Hall–Kier alpha value is -2.11. The molecular weight excluding hydrogens is 241 g/mol. The van der Waals surface area contributed by atoms with Crippen LogP contribution >= 0.6 is 0 Å². The van der Waals surface area contributed by atoms with E-state index in [0.29, 0.717) is 5.56 Å². The van der Waals surface area contributed by atoms with Crippen LogP contribution < -0.4 is 5.73 Å². The minimum Gasteiger partial charge on any atom is -0.427 e. The highest BCUT2D eigenvalue weighted by Gasteiger charge is 2.09. The third-order valence-corrected chi connectivity index (χ3v) is 2.83. The molecule has 2 rings (SSSR count). The van der Waals surface area contributed by atoms with E-state index in [1.54, 1.807) is 18.2 Å². The molecular formula is C14H14BNO3. The molecule has 0 bridgehead atoms. The number of hydrogen-bond acceptors (Lipinski definition) is 3. The summed E-state index contributed by atoms with van der Waals surface area (Å²) < 4.78 is 0. The van der Waals surface area contributed by atoms with E-state index in [1.165, 1.54) is 0 Å². The van der Waals surface area contributed by atoms with Crippen LogP contribution in [-0.4, -0.2) is 23.1 Å². The summed E-state index contributed by atoms with van der Waals surface area (Å²) in [6.07, 6.45) is 0.170. The van der Waals surface area contributed by atoms with Gasteiger partial charge in [-0.3, -0.25) is 4.79 Å². The first-order valence-corrected chi connectivity index (χ1v) is 5.91. The van der Waals surface area contributed by atoms with Crippen LogP contribution in [0.3, 0.4) is 0 Å². The molecule has 4 nitrogen and oxygen atoms in total. The monoisotopic (exact) mass is 255 g/mol. The normalized spacial score (nSPS) is 10.2. The molecule has 96 valence electrons. The molecule has 0 radical (unpaired) electrons. The maximum atomic E-state index is 11.2. The first-order valence-electron chi connectivity index (χ1n) is 5.91. The molecule has 0 heterocycles. The molecule has 0 atom stereocenters. The Morgan fingerprint density at radius 2 is 1.68 bits per heavy atom. The lowest BCUT2D eigenvalue weighted by Gasteiger charge is -2.06. The molecule has 0 aliphatic rings. The summed E-state index contributed by atoms with van der Waals surface area (Å²) >= 11 is 0. The number of hydrogen-bond donors (Lipinski definition) is 3. The maximum Gasteiger partial charge on any atom is 0.456 e. The molecule has 0 unspecified atom stereocenters. The molecule has 0 aromatic heterocycles. The average molecular weight is 255 g/mol. The molecule has 4 N–H and O–H groups in total. The summed E-state index contributed by atoms with van der Waals surface area (Å²) in [5.74, 6) is -0.469. The van der Waals surface area contributed by atoms with Crippen molar-refractivity contribution >= 4 is 13.0 Å². The van der Waals surface area contributed by atoms with Gasteiger partial charge in [0, 0.05) is 11.9 Å². The zero-order valence-electron chi connectivity index (χ0n) is 10.3. The smallest absolute Gasteiger partial charge is 0.427 e. The standard InChI is InChI=1S/C14H14BNO3/c16-14(17)13-6-2-5-12(8-13)11-4-1-3-10(7-11)9-15(18)19/h1-8,18-19H,9H2,(H2,16,17). The zero-order chi connectivity index (χ0) is 13.8. The van der Waals surface area contributed by atoms with Crippen LogP contribution in [0.25, 0.3) is 11.1 Å². The molecule has 19 heavy (non-hydrogen) atoms. The zero-order valence-corrected chi connectivity index (χ0v) is 10.3. The third-order valence-electron chi connectivity index (χ3n) is 2.83. The van der Waals surface area contributed by atoms with E-state index in [9.17, 15) is 4.79 Å². The van der Waals surface area contributed by atoms with Crippen molar-refractivity contribution in [3.8, 4) is 11.1 Å². The lowest BCUT2D eigenvalue weighted by atomic mass is 9.81. The maximum absolute atomic E-state index is 11.2.